The molecule has 0 aliphatic carbocycles. The number of amidine groups is 1. The monoisotopic (exact) mass is 354 g/mol. The van der Waals surface area contributed by atoms with Gasteiger partial charge in [0.15, 0.2) is 16.7 Å². The fourth-order valence-corrected chi connectivity index (χ4v) is 3.29. The molecule has 1 heterocycles. The summed E-state index contributed by atoms with van der Waals surface area (Å²) in [6.45, 7) is 2.00. The second-order valence-corrected chi connectivity index (χ2v) is 6.43. The van der Waals surface area contributed by atoms with E-state index in [-0.39, 0.29) is 5.91 Å². The highest BCUT2D eigenvalue weighted by Gasteiger charge is 2.24. The van der Waals surface area contributed by atoms with Gasteiger partial charge in [-0.15, -0.1) is 0 Å². The Morgan fingerprint density at radius 1 is 1.12 bits per heavy atom. The number of aliphatic imine (C=N–C) groups is 1. The molecule has 0 aromatic heterocycles. The molecular formula is C19H18N2O3S. The van der Waals surface area contributed by atoms with Gasteiger partial charge in [0.05, 0.1) is 24.8 Å². The topological polar surface area (TPSA) is 59.9 Å². The maximum atomic E-state index is 12.2. The van der Waals surface area contributed by atoms with Crippen LogP contribution in [-0.4, -0.2) is 25.3 Å². The quantitative estimate of drug-likeness (QED) is 0.846. The largest absolute Gasteiger partial charge is 0.493 e. The van der Waals surface area contributed by atoms with Crippen LogP contribution in [0.15, 0.2) is 52.4 Å². The third-order valence-corrected chi connectivity index (χ3v) is 4.51. The second kappa shape index (κ2) is 7.44. The smallest absolute Gasteiger partial charge is 0.264 e. The van der Waals surface area contributed by atoms with Crippen LogP contribution in [0.2, 0.25) is 0 Å². The Labute approximate surface area is 150 Å². The molecule has 1 aliphatic rings. The van der Waals surface area contributed by atoms with Crippen molar-refractivity contribution in [2.24, 2.45) is 4.99 Å². The van der Waals surface area contributed by atoms with E-state index in [1.165, 1.54) is 11.8 Å². The van der Waals surface area contributed by atoms with Crippen molar-refractivity contribution in [3.05, 3.63) is 58.5 Å². The number of nitrogens with zero attached hydrogens (tertiary/aromatic N) is 1. The lowest BCUT2D eigenvalue weighted by molar-refractivity contribution is -0.115. The molecule has 0 unspecified atom stereocenters. The van der Waals surface area contributed by atoms with E-state index >= 15 is 0 Å². The first-order chi connectivity index (χ1) is 12.1. The zero-order valence-electron chi connectivity index (χ0n) is 14.2. The highest BCUT2D eigenvalue weighted by Crippen LogP contribution is 2.35. The van der Waals surface area contributed by atoms with Crippen molar-refractivity contribution < 1.29 is 14.3 Å². The van der Waals surface area contributed by atoms with Gasteiger partial charge >= 0.3 is 0 Å². The summed E-state index contributed by atoms with van der Waals surface area (Å²) in [5.74, 6) is 1.03. The minimum atomic E-state index is -0.179. The van der Waals surface area contributed by atoms with Gasteiger partial charge in [0.2, 0.25) is 0 Å². The lowest BCUT2D eigenvalue weighted by Crippen LogP contribution is -2.19. The van der Waals surface area contributed by atoms with Gasteiger partial charge in [-0.25, -0.2) is 4.99 Å². The van der Waals surface area contributed by atoms with Gasteiger partial charge < -0.3 is 14.8 Å². The second-order valence-electron chi connectivity index (χ2n) is 5.40. The first-order valence-electron chi connectivity index (χ1n) is 7.68. The average molecular weight is 354 g/mol. The zero-order chi connectivity index (χ0) is 17.8. The Morgan fingerprint density at radius 3 is 2.64 bits per heavy atom. The summed E-state index contributed by atoms with van der Waals surface area (Å²) in [7, 11) is 3.16. The highest BCUT2D eigenvalue weighted by molar-refractivity contribution is 8.18. The summed E-state index contributed by atoms with van der Waals surface area (Å²) in [5.41, 5.74) is 2.70. The van der Waals surface area contributed by atoms with Crippen LogP contribution in [0, 0.1) is 6.92 Å². The lowest BCUT2D eigenvalue weighted by atomic mass is 10.1. The van der Waals surface area contributed by atoms with Gasteiger partial charge in [-0.05, 0) is 48.5 Å². The van der Waals surface area contributed by atoms with Crippen LogP contribution in [0.25, 0.3) is 6.08 Å². The maximum Gasteiger partial charge on any atom is 0.264 e. The van der Waals surface area contributed by atoms with Gasteiger partial charge in [0.25, 0.3) is 5.91 Å². The summed E-state index contributed by atoms with van der Waals surface area (Å²) >= 11 is 1.30. The summed E-state index contributed by atoms with van der Waals surface area (Å²) in [4.78, 5) is 17.3. The fourth-order valence-electron chi connectivity index (χ4n) is 2.46. The van der Waals surface area contributed by atoms with Crippen LogP contribution in [0.5, 0.6) is 11.5 Å². The molecule has 1 amide bonds. The van der Waals surface area contributed by atoms with E-state index in [9.17, 15) is 4.79 Å². The molecule has 2 aromatic carbocycles. The van der Waals surface area contributed by atoms with Crippen LogP contribution in [0.3, 0.4) is 0 Å². The van der Waals surface area contributed by atoms with E-state index in [1.54, 1.807) is 20.3 Å². The number of ether oxygens (including phenoxy) is 2. The molecule has 0 atom stereocenters. The number of methoxy groups -OCH3 is 2. The summed E-state index contributed by atoms with van der Waals surface area (Å²) in [5, 5.41) is 3.35. The summed E-state index contributed by atoms with van der Waals surface area (Å²) in [6, 6.07) is 13.3. The Morgan fingerprint density at radius 2 is 1.92 bits per heavy atom. The number of aryl methyl sites for hydroxylation is 1. The van der Waals surface area contributed by atoms with E-state index in [1.807, 2.05) is 49.4 Å². The predicted molar refractivity (Wildman–Crippen MR) is 102 cm³/mol. The molecule has 128 valence electrons. The first kappa shape index (κ1) is 17.1. The van der Waals surface area contributed by atoms with Crippen LogP contribution < -0.4 is 14.8 Å². The molecule has 3 rings (SSSR count). The number of benzene rings is 2. The zero-order valence-corrected chi connectivity index (χ0v) is 15.0. The fraction of sp³-hybridized carbons (Fsp3) is 0.158. The van der Waals surface area contributed by atoms with Gasteiger partial charge in [-0.2, -0.15) is 0 Å². The molecule has 1 saturated heterocycles. The van der Waals surface area contributed by atoms with Crippen molar-refractivity contribution in [1.82, 2.24) is 5.32 Å². The van der Waals surface area contributed by atoms with Crippen molar-refractivity contribution in [1.29, 1.82) is 0 Å². The van der Waals surface area contributed by atoms with Crippen LogP contribution in [0.1, 0.15) is 11.1 Å². The summed E-state index contributed by atoms with van der Waals surface area (Å²) < 4.78 is 10.7. The highest BCUT2D eigenvalue weighted by atomic mass is 32.2. The third kappa shape index (κ3) is 3.85. The maximum absolute atomic E-state index is 12.2. The number of amides is 1. The molecule has 0 radical (unpaired) electrons. The minimum Gasteiger partial charge on any atom is -0.493 e. The molecular weight excluding hydrogens is 336 g/mol. The van der Waals surface area contributed by atoms with Crippen molar-refractivity contribution in [3.63, 3.8) is 0 Å². The first-order valence-corrected chi connectivity index (χ1v) is 8.49. The van der Waals surface area contributed by atoms with Gasteiger partial charge in [0, 0.05) is 5.56 Å². The Kier molecular flexibility index (Phi) is 5.09. The van der Waals surface area contributed by atoms with E-state index in [0.29, 0.717) is 21.6 Å². The molecule has 0 saturated carbocycles. The number of hydrogen-bond donors (Lipinski definition) is 1. The van der Waals surface area contributed by atoms with Gasteiger partial charge in [-0.3, -0.25) is 4.79 Å². The van der Waals surface area contributed by atoms with Crippen LogP contribution in [-0.2, 0) is 4.79 Å². The number of carbonyl (C=O) groups is 1. The van der Waals surface area contributed by atoms with E-state index in [4.69, 9.17) is 9.47 Å². The van der Waals surface area contributed by atoms with E-state index in [2.05, 4.69) is 10.3 Å². The summed E-state index contributed by atoms with van der Waals surface area (Å²) in [6.07, 6.45) is 1.78. The predicted octanol–water partition coefficient (Wildman–Crippen LogP) is 3.90. The Hall–Kier alpha value is -2.73. The molecule has 5 nitrogen and oxygen atoms in total. The molecule has 6 heteroatoms. The number of hydrogen-bond acceptors (Lipinski definition) is 5. The van der Waals surface area contributed by atoms with Crippen molar-refractivity contribution in [2.45, 2.75) is 6.92 Å². The number of rotatable bonds is 4. The van der Waals surface area contributed by atoms with Gasteiger partial charge in [-0.1, -0.05) is 24.3 Å². The van der Waals surface area contributed by atoms with E-state index in [0.717, 1.165) is 16.8 Å². The number of thioether (sulfide) groups is 1. The SMILES string of the molecule is COc1cccc(C=C2SC(=Nc3cccc(C)c3)NC2=O)c1OC. The lowest BCUT2D eigenvalue weighted by Gasteiger charge is -2.10. The molecule has 0 spiro atoms. The number of para-hydroxylation sites is 1. The van der Waals surface area contributed by atoms with Crippen LogP contribution in [0.4, 0.5) is 5.69 Å². The van der Waals surface area contributed by atoms with E-state index < -0.39 is 0 Å². The number of carbonyl (C=O) groups excluding carboxylic acids is 1. The standard InChI is InChI=1S/C19H18N2O3S/c1-12-6-4-8-14(10-12)20-19-21-18(22)16(25-19)11-13-7-5-9-15(23-2)17(13)24-3/h4-11H,1-3H3,(H,20,21,22). The molecule has 0 bridgehead atoms. The van der Waals surface area contributed by atoms with Crippen molar-refractivity contribution in [3.8, 4) is 11.5 Å². The Balaban J connectivity index is 1.90. The molecule has 2 aromatic rings. The molecule has 1 fully saturated rings. The average Bonchev–Trinajstić information content (AvgIpc) is 2.93. The van der Waals surface area contributed by atoms with Crippen LogP contribution >= 0.6 is 11.8 Å². The number of nitrogens with one attached hydrogen (secondary N) is 1. The third-order valence-electron chi connectivity index (χ3n) is 3.60. The minimum absolute atomic E-state index is 0.179. The normalized spacial score (nSPS) is 17.0. The molecule has 1 aliphatic heterocycles. The van der Waals surface area contributed by atoms with Gasteiger partial charge in [0.1, 0.15) is 0 Å². The molecule has 25 heavy (non-hydrogen) atoms. The van der Waals surface area contributed by atoms with Crippen molar-refractivity contribution >= 4 is 34.6 Å². The van der Waals surface area contributed by atoms with Crippen molar-refractivity contribution in [2.75, 3.05) is 14.2 Å². The molecule has 1 N–H and O–H groups in total. The Bertz CT molecular complexity index is 875.